The molecule has 1 aromatic rings. The molecule has 0 aliphatic heterocycles. The monoisotopic (exact) mass is 282 g/mol. The van der Waals surface area contributed by atoms with Crippen LogP contribution in [-0.2, 0) is 9.84 Å². The highest BCUT2D eigenvalue weighted by atomic mass is 79.9. The number of carboxylic acid groups (broad SMARTS) is 1. The third-order valence-corrected chi connectivity index (χ3v) is 4.01. The lowest BCUT2D eigenvalue weighted by atomic mass is 10.5. The van der Waals surface area contributed by atoms with Crippen LogP contribution in [0.4, 0.5) is 0 Å². The first-order valence-corrected chi connectivity index (χ1v) is 6.08. The Hall–Kier alpha value is -0.820. The van der Waals surface area contributed by atoms with Gasteiger partial charge in [0.1, 0.15) is 0 Å². The molecule has 0 bridgehead atoms. The summed E-state index contributed by atoms with van der Waals surface area (Å²) in [5.74, 6) is -1.84. The van der Waals surface area contributed by atoms with Crippen molar-refractivity contribution < 1.29 is 22.7 Å². The lowest BCUT2D eigenvalue weighted by Gasteiger charge is -1.95. The molecule has 1 N–H and O–H groups in total. The van der Waals surface area contributed by atoms with Gasteiger partial charge < -0.3 is 9.52 Å². The molecule has 1 heterocycles. The average Bonchev–Trinajstić information content (AvgIpc) is 2.48. The molecule has 0 fully saturated rings. The average molecular weight is 283 g/mol. The SMILES string of the molecule is CCS(=O)(=O)c1oc(C(=O)O)cc1Br. The fourth-order valence-corrected chi connectivity index (χ4v) is 2.66. The zero-order chi connectivity index (χ0) is 10.9. The predicted molar refractivity (Wildman–Crippen MR) is 51.1 cm³/mol. The van der Waals surface area contributed by atoms with Gasteiger partial charge in [-0.2, -0.15) is 0 Å². The summed E-state index contributed by atoms with van der Waals surface area (Å²) >= 11 is 2.93. The van der Waals surface area contributed by atoms with Crippen LogP contribution in [0.3, 0.4) is 0 Å². The summed E-state index contributed by atoms with van der Waals surface area (Å²) in [4.78, 5) is 10.5. The molecular formula is C7H7BrO5S. The fourth-order valence-electron chi connectivity index (χ4n) is 0.801. The van der Waals surface area contributed by atoms with Gasteiger partial charge in [-0.25, -0.2) is 13.2 Å². The first kappa shape index (κ1) is 11.3. The van der Waals surface area contributed by atoms with Crippen molar-refractivity contribution in [3.8, 4) is 0 Å². The minimum absolute atomic E-state index is 0.136. The maximum absolute atomic E-state index is 11.3. The van der Waals surface area contributed by atoms with Crippen LogP contribution in [-0.4, -0.2) is 25.2 Å². The van der Waals surface area contributed by atoms with Crippen LogP contribution in [0.1, 0.15) is 17.5 Å². The summed E-state index contributed by atoms with van der Waals surface area (Å²) < 4.78 is 27.5. The molecule has 0 atom stereocenters. The number of furan rings is 1. The van der Waals surface area contributed by atoms with E-state index in [1.807, 2.05) is 0 Å². The normalized spacial score (nSPS) is 11.6. The van der Waals surface area contributed by atoms with E-state index >= 15 is 0 Å². The van der Waals surface area contributed by atoms with Crippen molar-refractivity contribution in [1.82, 2.24) is 0 Å². The molecule has 0 saturated carbocycles. The Morgan fingerprint density at radius 1 is 1.64 bits per heavy atom. The zero-order valence-corrected chi connectivity index (χ0v) is 9.55. The van der Waals surface area contributed by atoms with Crippen LogP contribution in [0.2, 0.25) is 0 Å². The summed E-state index contributed by atoms with van der Waals surface area (Å²) in [5.41, 5.74) is 0. The van der Waals surface area contributed by atoms with Crippen molar-refractivity contribution in [2.24, 2.45) is 0 Å². The summed E-state index contributed by atoms with van der Waals surface area (Å²) in [6.45, 7) is 1.45. The summed E-state index contributed by atoms with van der Waals surface area (Å²) in [5, 5.41) is 8.22. The molecule has 5 nitrogen and oxygen atoms in total. The smallest absolute Gasteiger partial charge is 0.371 e. The molecule has 0 spiro atoms. The number of rotatable bonds is 3. The molecule has 0 unspecified atom stereocenters. The van der Waals surface area contributed by atoms with Crippen molar-refractivity contribution in [2.75, 3.05) is 5.75 Å². The Kier molecular flexibility index (Phi) is 3.01. The number of aromatic carboxylic acids is 1. The van der Waals surface area contributed by atoms with Gasteiger partial charge in [0.2, 0.25) is 20.7 Å². The van der Waals surface area contributed by atoms with E-state index in [0.29, 0.717) is 0 Å². The third-order valence-electron chi connectivity index (χ3n) is 1.53. The molecule has 14 heavy (non-hydrogen) atoms. The highest BCUT2D eigenvalue weighted by molar-refractivity contribution is 9.10. The quantitative estimate of drug-likeness (QED) is 0.909. The van der Waals surface area contributed by atoms with Gasteiger partial charge in [-0.1, -0.05) is 6.92 Å². The molecule has 7 heteroatoms. The van der Waals surface area contributed by atoms with Crippen LogP contribution >= 0.6 is 15.9 Å². The predicted octanol–water partition coefficient (Wildman–Crippen LogP) is 1.53. The van der Waals surface area contributed by atoms with E-state index in [1.54, 1.807) is 0 Å². The van der Waals surface area contributed by atoms with E-state index in [0.717, 1.165) is 6.07 Å². The number of halogens is 1. The molecular weight excluding hydrogens is 276 g/mol. The van der Waals surface area contributed by atoms with Gasteiger partial charge >= 0.3 is 5.97 Å². The van der Waals surface area contributed by atoms with Gasteiger partial charge in [0.05, 0.1) is 10.2 Å². The van der Waals surface area contributed by atoms with Gasteiger partial charge in [-0.3, -0.25) is 0 Å². The topological polar surface area (TPSA) is 84.6 Å². The molecule has 0 aromatic carbocycles. The Morgan fingerprint density at radius 2 is 2.21 bits per heavy atom. The minimum Gasteiger partial charge on any atom is -0.475 e. The number of carbonyl (C=O) groups is 1. The van der Waals surface area contributed by atoms with Crippen molar-refractivity contribution >= 4 is 31.7 Å². The molecule has 1 aromatic heterocycles. The molecule has 78 valence electrons. The van der Waals surface area contributed by atoms with Crippen LogP contribution in [0.15, 0.2) is 20.0 Å². The summed E-state index contributed by atoms with van der Waals surface area (Å²) in [6, 6.07) is 1.12. The Morgan fingerprint density at radius 3 is 2.57 bits per heavy atom. The van der Waals surface area contributed by atoms with Gasteiger partial charge in [0, 0.05) is 6.07 Å². The lowest BCUT2D eigenvalue weighted by molar-refractivity contribution is 0.0656. The maximum atomic E-state index is 11.3. The van der Waals surface area contributed by atoms with E-state index < -0.39 is 21.6 Å². The molecule has 0 aliphatic rings. The van der Waals surface area contributed by atoms with Crippen LogP contribution in [0.5, 0.6) is 0 Å². The number of hydrogen-bond acceptors (Lipinski definition) is 4. The minimum atomic E-state index is -3.52. The second-order valence-electron chi connectivity index (χ2n) is 2.45. The number of hydrogen-bond donors (Lipinski definition) is 1. The highest BCUT2D eigenvalue weighted by Crippen LogP contribution is 2.26. The molecule has 0 aliphatic carbocycles. The van der Waals surface area contributed by atoms with E-state index in [4.69, 9.17) is 9.52 Å². The first-order chi connectivity index (χ1) is 6.38. The van der Waals surface area contributed by atoms with Crippen molar-refractivity contribution in [3.05, 3.63) is 16.3 Å². The zero-order valence-electron chi connectivity index (χ0n) is 7.15. The standard InChI is InChI=1S/C7H7BrO5S/c1-2-14(11,12)7-4(8)3-5(13-7)6(9)10/h3H,2H2,1H3,(H,9,10). The van der Waals surface area contributed by atoms with Crippen molar-refractivity contribution in [1.29, 1.82) is 0 Å². The molecule has 0 amide bonds. The molecule has 0 saturated heterocycles. The van der Waals surface area contributed by atoms with E-state index in [9.17, 15) is 13.2 Å². The highest BCUT2D eigenvalue weighted by Gasteiger charge is 2.23. The third kappa shape index (κ3) is 1.98. The number of sulfone groups is 1. The van der Waals surface area contributed by atoms with Crippen LogP contribution < -0.4 is 0 Å². The van der Waals surface area contributed by atoms with Gasteiger partial charge in [0.15, 0.2) is 0 Å². The second-order valence-corrected chi connectivity index (χ2v) is 5.49. The maximum Gasteiger partial charge on any atom is 0.371 e. The van der Waals surface area contributed by atoms with E-state index in [-0.39, 0.29) is 15.3 Å². The van der Waals surface area contributed by atoms with Crippen LogP contribution in [0.25, 0.3) is 0 Å². The Labute approximate surface area is 88.8 Å². The fraction of sp³-hybridized carbons (Fsp3) is 0.286. The van der Waals surface area contributed by atoms with E-state index in [2.05, 4.69) is 15.9 Å². The number of carboxylic acids is 1. The van der Waals surface area contributed by atoms with E-state index in [1.165, 1.54) is 6.92 Å². The second kappa shape index (κ2) is 3.74. The lowest BCUT2D eigenvalue weighted by Crippen LogP contribution is -2.02. The Balaban J connectivity index is 3.31. The van der Waals surface area contributed by atoms with Crippen molar-refractivity contribution in [2.45, 2.75) is 12.0 Å². The largest absolute Gasteiger partial charge is 0.475 e. The Bertz CT molecular complexity index is 458. The summed E-state index contributed by atoms with van der Waals surface area (Å²) in [6.07, 6.45) is 0. The molecule has 1 rings (SSSR count). The molecule has 0 radical (unpaired) electrons. The summed E-state index contributed by atoms with van der Waals surface area (Å²) in [7, 11) is -3.52. The van der Waals surface area contributed by atoms with Gasteiger partial charge in [-0.05, 0) is 15.9 Å². The first-order valence-electron chi connectivity index (χ1n) is 3.64. The van der Waals surface area contributed by atoms with Gasteiger partial charge in [0.25, 0.3) is 0 Å². The van der Waals surface area contributed by atoms with Gasteiger partial charge in [-0.15, -0.1) is 0 Å². The van der Waals surface area contributed by atoms with Crippen LogP contribution in [0, 0.1) is 0 Å². The van der Waals surface area contributed by atoms with Crippen molar-refractivity contribution in [3.63, 3.8) is 0 Å².